The van der Waals surface area contributed by atoms with E-state index in [1.54, 1.807) is 28.8 Å². The van der Waals surface area contributed by atoms with Crippen LogP contribution in [0.3, 0.4) is 0 Å². The molecule has 1 unspecified atom stereocenters. The number of nitrogens with zero attached hydrogens (tertiary/aromatic N) is 5. The zero-order valence-electron chi connectivity index (χ0n) is 17.4. The van der Waals surface area contributed by atoms with Gasteiger partial charge < -0.3 is 10.2 Å². The van der Waals surface area contributed by atoms with E-state index >= 15 is 0 Å². The Morgan fingerprint density at radius 2 is 1.84 bits per heavy atom. The number of hydrogen-bond donors (Lipinski definition) is 1. The third-order valence-electron chi connectivity index (χ3n) is 6.42. The highest BCUT2D eigenvalue weighted by atomic mass is 35.5. The number of rotatable bonds is 5. The summed E-state index contributed by atoms with van der Waals surface area (Å²) in [5, 5.41) is 13.1. The molecule has 9 heteroatoms. The summed E-state index contributed by atoms with van der Waals surface area (Å²) in [5.41, 5.74) is 2.50. The number of halogens is 1. The van der Waals surface area contributed by atoms with Gasteiger partial charge in [-0.25, -0.2) is 0 Å². The summed E-state index contributed by atoms with van der Waals surface area (Å²) in [6, 6.07) is 9.17. The normalized spacial score (nSPS) is 19.4. The first-order chi connectivity index (χ1) is 15.0. The van der Waals surface area contributed by atoms with Crippen LogP contribution < -0.4 is 16.4 Å². The van der Waals surface area contributed by atoms with Crippen molar-refractivity contribution in [3.63, 3.8) is 0 Å². The van der Waals surface area contributed by atoms with Crippen LogP contribution in [0.1, 0.15) is 30.1 Å². The maximum atomic E-state index is 12.6. The Balaban J connectivity index is 1.21. The van der Waals surface area contributed by atoms with Crippen molar-refractivity contribution in [2.45, 2.75) is 44.9 Å². The van der Waals surface area contributed by atoms with Crippen LogP contribution in [-0.4, -0.2) is 49.9 Å². The Labute approximate surface area is 184 Å². The Kier molecular flexibility index (Phi) is 5.37. The number of likely N-dealkylation sites (tertiary alicyclic amines) is 1. The Morgan fingerprint density at radius 1 is 1.10 bits per heavy atom. The van der Waals surface area contributed by atoms with Gasteiger partial charge in [0, 0.05) is 43.2 Å². The zero-order valence-corrected chi connectivity index (χ0v) is 18.2. The summed E-state index contributed by atoms with van der Waals surface area (Å²) in [4.78, 5) is 27.3. The second kappa shape index (κ2) is 8.18. The minimum Gasteiger partial charge on any atom is -0.308 e. The molecule has 0 aliphatic carbocycles. The Morgan fingerprint density at radius 3 is 2.58 bits per heavy atom. The molecular formula is C22H25ClN6O2. The van der Waals surface area contributed by atoms with Crippen molar-refractivity contribution >= 4 is 22.6 Å². The molecule has 2 aliphatic rings. The molecule has 2 aliphatic heterocycles. The van der Waals surface area contributed by atoms with E-state index in [-0.39, 0.29) is 17.2 Å². The smallest absolute Gasteiger partial charge is 0.252 e. The highest BCUT2D eigenvalue weighted by Crippen LogP contribution is 2.25. The SMILES string of the molecule is Cc1cc(CNC2CCN(CC3Cn4c(=O)ccc5ccc(=O)n3c54)CC2)nnc1Cl. The number of piperidine rings is 1. The first-order valence-electron chi connectivity index (χ1n) is 10.7. The van der Waals surface area contributed by atoms with Gasteiger partial charge in [0.25, 0.3) is 11.1 Å². The Hall–Kier alpha value is -2.55. The minimum atomic E-state index is -0.0437. The number of pyridine rings is 2. The maximum absolute atomic E-state index is 12.6. The lowest BCUT2D eigenvalue weighted by Crippen LogP contribution is -2.44. The lowest BCUT2D eigenvalue weighted by Gasteiger charge is -2.34. The molecule has 0 aromatic carbocycles. The van der Waals surface area contributed by atoms with E-state index in [0.29, 0.717) is 24.3 Å². The fourth-order valence-electron chi connectivity index (χ4n) is 4.77. The lowest BCUT2D eigenvalue weighted by molar-refractivity contribution is 0.171. The van der Waals surface area contributed by atoms with Gasteiger partial charge in [-0.05, 0) is 56.6 Å². The predicted octanol–water partition coefficient (Wildman–Crippen LogP) is 1.72. The molecule has 0 saturated carbocycles. The van der Waals surface area contributed by atoms with Crippen molar-refractivity contribution in [2.24, 2.45) is 0 Å². The summed E-state index contributed by atoms with van der Waals surface area (Å²) in [5.74, 6) is 0. The molecule has 162 valence electrons. The second-order valence-electron chi connectivity index (χ2n) is 8.52. The van der Waals surface area contributed by atoms with Crippen LogP contribution in [0, 0.1) is 6.92 Å². The molecule has 0 spiro atoms. The summed E-state index contributed by atoms with van der Waals surface area (Å²) >= 11 is 5.95. The first-order valence-corrected chi connectivity index (χ1v) is 11.1. The van der Waals surface area contributed by atoms with Gasteiger partial charge in [-0.3, -0.25) is 18.7 Å². The van der Waals surface area contributed by atoms with Gasteiger partial charge in [0.1, 0.15) is 5.65 Å². The molecule has 1 saturated heterocycles. The van der Waals surface area contributed by atoms with Crippen molar-refractivity contribution in [3.05, 3.63) is 67.4 Å². The highest BCUT2D eigenvalue weighted by Gasteiger charge is 2.29. The van der Waals surface area contributed by atoms with Crippen LogP contribution in [0.15, 0.2) is 39.9 Å². The van der Waals surface area contributed by atoms with Crippen molar-refractivity contribution in [1.29, 1.82) is 0 Å². The minimum absolute atomic E-state index is 0.0110. The molecule has 8 nitrogen and oxygen atoms in total. The maximum Gasteiger partial charge on any atom is 0.252 e. The predicted molar refractivity (Wildman–Crippen MR) is 120 cm³/mol. The fraction of sp³-hybridized carbons (Fsp3) is 0.455. The molecule has 0 radical (unpaired) electrons. The molecule has 31 heavy (non-hydrogen) atoms. The largest absolute Gasteiger partial charge is 0.308 e. The van der Waals surface area contributed by atoms with E-state index < -0.39 is 0 Å². The highest BCUT2D eigenvalue weighted by molar-refractivity contribution is 6.30. The number of aryl methyl sites for hydroxylation is 1. The van der Waals surface area contributed by atoms with Crippen LogP contribution >= 0.6 is 11.6 Å². The van der Waals surface area contributed by atoms with Gasteiger partial charge in [-0.2, -0.15) is 5.10 Å². The summed E-state index contributed by atoms with van der Waals surface area (Å²) in [7, 11) is 0. The average molecular weight is 441 g/mol. The molecule has 5 rings (SSSR count). The summed E-state index contributed by atoms with van der Waals surface area (Å²) in [6.07, 6.45) is 2.05. The van der Waals surface area contributed by atoms with Crippen molar-refractivity contribution in [1.82, 2.24) is 29.5 Å². The Bertz CT molecular complexity index is 1240. The van der Waals surface area contributed by atoms with Gasteiger partial charge in [0.2, 0.25) is 0 Å². The standard InChI is InChI=1S/C22H25ClN6O2/c1-14-10-17(25-26-21(14)23)11-24-16-6-8-27(9-7-16)12-18-13-28-19(30)4-2-15-3-5-20(31)29(18)22(15)28/h2-5,10,16,18,24H,6-9,11-13H2,1H3. The van der Waals surface area contributed by atoms with Gasteiger partial charge >= 0.3 is 0 Å². The van der Waals surface area contributed by atoms with Gasteiger partial charge in [0.05, 0.1) is 11.7 Å². The van der Waals surface area contributed by atoms with Crippen LogP contribution in [0.2, 0.25) is 5.15 Å². The van der Waals surface area contributed by atoms with Gasteiger partial charge in [-0.15, -0.1) is 5.10 Å². The number of nitrogens with one attached hydrogen (secondary N) is 1. The van der Waals surface area contributed by atoms with E-state index in [1.807, 2.05) is 17.6 Å². The number of hydrogen-bond acceptors (Lipinski definition) is 6. The van der Waals surface area contributed by atoms with Crippen LogP contribution in [0.25, 0.3) is 11.0 Å². The average Bonchev–Trinajstić information content (AvgIpc) is 3.15. The van der Waals surface area contributed by atoms with Gasteiger partial charge in [0.15, 0.2) is 5.15 Å². The van der Waals surface area contributed by atoms with E-state index in [4.69, 9.17) is 11.6 Å². The van der Waals surface area contributed by atoms with Gasteiger partial charge in [-0.1, -0.05) is 11.6 Å². The zero-order chi connectivity index (χ0) is 21.5. The summed E-state index contributed by atoms with van der Waals surface area (Å²) in [6.45, 7) is 5.84. The molecule has 3 aromatic heterocycles. The van der Waals surface area contributed by atoms with E-state index in [2.05, 4.69) is 20.4 Å². The third-order valence-corrected chi connectivity index (χ3v) is 6.79. The molecule has 5 heterocycles. The van der Waals surface area contributed by atoms with Crippen molar-refractivity contribution < 1.29 is 0 Å². The summed E-state index contributed by atoms with van der Waals surface area (Å²) < 4.78 is 3.55. The first kappa shape index (κ1) is 20.4. The van der Waals surface area contributed by atoms with E-state index in [1.165, 1.54) is 0 Å². The van der Waals surface area contributed by atoms with Crippen molar-refractivity contribution in [3.8, 4) is 0 Å². The monoisotopic (exact) mass is 440 g/mol. The molecule has 0 bridgehead atoms. The lowest BCUT2D eigenvalue weighted by atomic mass is 10.0. The molecule has 1 fully saturated rings. The van der Waals surface area contributed by atoms with Crippen LogP contribution in [-0.2, 0) is 13.1 Å². The fourth-order valence-corrected chi connectivity index (χ4v) is 4.86. The van der Waals surface area contributed by atoms with Crippen LogP contribution in [0.4, 0.5) is 0 Å². The molecule has 1 atom stereocenters. The van der Waals surface area contributed by atoms with E-state index in [0.717, 1.165) is 54.8 Å². The molecule has 1 N–H and O–H groups in total. The molecule has 0 amide bonds. The third kappa shape index (κ3) is 3.91. The molecule has 3 aromatic rings. The number of aromatic nitrogens is 4. The topological polar surface area (TPSA) is 85.0 Å². The molecular weight excluding hydrogens is 416 g/mol. The van der Waals surface area contributed by atoms with Crippen LogP contribution in [0.5, 0.6) is 0 Å². The van der Waals surface area contributed by atoms with Crippen molar-refractivity contribution in [2.75, 3.05) is 19.6 Å². The van der Waals surface area contributed by atoms with E-state index in [9.17, 15) is 9.59 Å². The quantitative estimate of drug-likeness (QED) is 0.650. The second-order valence-corrected chi connectivity index (χ2v) is 8.88.